The molecular formula is C22H34ClN5O4. The summed E-state index contributed by atoms with van der Waals surface area (Å²) >= 11 is 0. The Balaban J connectivity index is 0.00000363. The Morgan fingerprint density at radius 3 is 2.19 bits per heavy atom. The molecule has 3 rings (SSSR count). The molecule has 2 heterocycles. The van der Waals surface area contributed by atoms with E-state index in [-0.39, 0.29) is 43.2 Å². The van der Waals surface area contributed by atoms with E-state index in [1.807, 2.05) is 24.3 Å². The van der Waals surface area contributed by atoms with Gasteiger partial charge in [0, 0.05) is 50.4 Å². The highest BCUT2D eigenvalue weighted by Crippen LogP contribution is 2.31. The van der Waals surface area contributed by atoms with Crippen LogP contribution in [0.4, 0.5) is 5.69 Å². The summed E-state index contributed by atoms with van der Waals surface area (Å²) in [5.41, 5.74) is 7.34. The number of nitrogens with two attached hydrogens (primary N) is 1. The highest BCUT2D eigenvalue weighted by molar-refractivity contribution is 5.95. The Morgan fingerprint density at radius 1 is 1.00 bits per heavy atom. The van der Waals surface area contributed by atoms with Crippen molar-refractivity contribution in [3.05, 3.63) is 29.8 Å². The first kappa shape index (κ1) is 25.9. The lowest BCUT2D eigenvalue weighted by Gasteiger charge is -2.50. The molecule has 178 valence electrons. The molecule has 2 aliphatic heterocycles. The van der Waals surface area contributed by atoms with E-state index in [2.05, 4.69) is 14.7 Å². The molecule has 0 spiro atoms. The van der Waals surface area contributed by atoms with Crippen molar-refractivity contribution in [2.75, 3.05) is 44.2 Å². The van der Waals surface area contributed by atoms with E-state index in [1.54, 1.807) is 0 Å². The maximum absolute atomic E-state index is 11.2. The van der Waals surface area contributed by atoms with Gasteiger partial charge in [0.25, 0.3) is 0 Å². The second-order valence-corrected chi connectivity index (χ2v) is 8.41. The normalized spacial score (nSPS) is 22.2. The molecule has 0 aliphatic carbocycles. The van der Waals surface area contributed by atoms with Gasteiger partial charge in [-0.1, -0.05) is 0 Å². The lowest BCUT2D eigenvalue weighted by atomic mass is 9.88. The van der Waals surface area contributed by atoms with Gasteiger partial charge in [-0.3, -0.25) is 24.8 Å². The molecule has 9 nitrogen and oxygen atoms in total. The summed E-state index contributed by atoms with van der Waals surface area (Å²) in [5.74, 6) is -1.28. The second-order valence-electron chi connectivity index (χ2n) is 8.41. The number of hydrogen-bond donors (Lipinski definition) is 4. The van der Waals surface area contributed by atoms with Gasteiger partial charge in [-0.15, -0.1) is 12.4 Å². The van der Waals surface area contributed by atoms with Crippen LogP contribution < -0.4 is 10.6 Å². The number of rotatable bonds is 9. The number of anilines is 1. The van der Waals surface area contributed by atoms with E-state index in [1.165, 1.54) is 0 Å². The van der Waals surface area contributed by atoms with Crippen LogP contribution in [0.25, 0.3) is 0 Å². The first-order chi connectivity index (χ1) is 14.8. The van der Waals surface area contributed by atoms with Gasteiger partial charge in [-0.2, -0.15) is 0 Å². The van der Waals surface area contributed by atoms with Crippen molar-refractivity contribution >= 4 is 35.9 Å². The fourth-order valence-electron chi connectivity index (χ4n) is 4.85. The highest BCUT2D eigenvalue weighted by Gasteiger charge is 2.37. The minimum absolute atomic E-state index is 0. The number of likely N-dealkylation sites (tertiary alicyclic amines) is 1. The van der Waals surface area contributed by atoms with Crippen LogP contribution in [0.15, 0.2) is 24.3 Å². The van der Waals surface area contributed by atoms with Gasteiger partial charge in [-0.25, -0.2) is 0 Å². The third-order valence-corrected chi connectivity index (χ3v) is 6.39. The number of amidine groups is 1. The highest BCUT2D eigenvalue weighted by atomic mass is 35.5. The van der Waals surface area contributed by atoms with E-state index in [9.17, 15) is 9.59 Å². The van der Waals surface area contributed by atoms with Gasteiger partial charge in [0.1, 0.15) is 5.84 Å². The zero-order valence-corrected chi connectivity index (χ0v) is 19.1. The molecule has 32 heavy (non-hydrogen) atoms. The summed E-state index contributed by atoms with van der Waals surface area (Å²) in [4.78, 5) is 29.3. The molecule has 1 aromatic carbocycles. The first-order valence-corrected chi connectivity index (χ1v) is 11.0. The Morgan fingerprint density at radius 2 is 1.62 bits per heavy atom. The van der Waals surface area contributed by atoms with E-state index in [0.717, 1.165) is 51.3 Å². The van der Waals surface area contributed by atoms with E-state index < -0.39 is 11.9 Å². The molecule has 1 aromatic rings. The van der Waals surface area contributed by atoms with Gasteiger partial charge in [0.2, 0.25) is 0 Å². The predicted molar refractivity (Wildman–Crippen MR) is 126 cm³/mol. The van der Waals surface area contributed by atoms with Crippen molar-refractivity contribution in [2.24, 2.45) is 11.7 Å². The van der Waals surface area contributed by atoms with Crippen LogP contribution >= 0.6 is 12.4 Å². The molecule has 2 atom stereocenters. The average Bonchev–Trinajstić information content (AvgIpc) is 2.76. The minimum Gasteiger partial charge on any atom is -0.481 e. The van der Waals surface area contributed by atoms with E-state index in [0.29, 0.717) is 18.5 Å². The topological polar surface area (TPSA) is 134 Å². The molecule has 2 fully saturated rings. The summed E-state index contributed by atoms with van der Waals surface area (Å²) < 4.78 is 0. The number of piperidine rings is 1. The van der Waals surface area contributed by atoms with E-state index in [4.69, 9.17) is 21.4 Å². The molecule has 0 amide bonds. The maximum Gasteiger partial charge on any atom is 0.304 e. The number of carboxylic acid groups (broad SMARTS) is 2. The fraction of sp³-hybridized carbons (Fsp3) is 0.591. The summed E-state index contributed by atoms with van der Waals surface area (Å²) in [6.45, 7) is 4.71. The average molecular weight is 468 g/mol. The van der Waals surface area contributed by atoms with Crippen molar-refractivity contribution < 1.29 is 19.8 Å². The van der Waals surface area contributed by atoms with Gasteiger partial charge in [-0.05, 0) is 56.0 Å². The Bertz CT molecular complexity index is 757. The minimum atomic E-state index is -0.801. The van der Waals surface area contributed by atoms with Gasteiger partial charge in [0.05, 0.1) is 12.6 Å². The number of hydrogen-bond acceptors (Lipinski definition) is 6. The van der Waals surface area contributed by atoms with Crippen molar-refractivity contribution in [3.63, 3.8) is 0 Å². The monoisotopic (exact) mass is 467 g/mol. The third kappa shape index (κ3) is 6.82. The molecule has 0 aromatic heterocycles. The number of benzene rings is 1. The second kappa shape index (κ2) is 12.0. The zero-order chi connectivity index (χ0) is 22.4. The number of nitrogens with one attached hydrogen (secondary N) is 1. The SMILES string of the molecule is Cl.N=C(N)c1ccc(N2CCN(C3C(CCC(=O)O)CCCN3CCC(=O)O)CC2)cc1. The molecule has 5 N–H and O–H groups in total. The van der Waals surface area contributed by atoms with Crippen molar-refractivity contribution in [1.29, 1.82) is 5.41 Å². The predicted octanol–water partition coefficient (Wildman–Crippen LogP) is 1.89. The number of nitrogen functional groups attached to an aromatic ring is 1. The molecule has 2 aliphatic rings. The van der Waals surface area contributed by atoms with Gasteiger partial charge < -0.3 is 20.8 Å². The number of nitrogens with zero attached hydrogens (tertiary/aromatic N) is 3. The largest absolute Gasteiger partial charge is 0.481 e. The smallest absolute Gasteiger partial charge is 0.304 e. The maximum atomic E-state index is 11.2. The molecule has 0 saturated carbocycles. The summed E-state index contributed by atoms with van der Waals surface area (Å²) in [6, 6.07) is 7.70. The van der Waals surface area contributed by atoms with Crippen LogP contribution in [0.2, 0.25) is 0 Å². The third-order valence-electron chi connectivity index (χ3n) is 6.39. The Labute approximate surface area is 195 Å². The lowest BCUT2D eigenvalue weighted by molar-refractivity contribution is -0.138. The van der Waals surface area contributed by atoms with Crippen molar-refractivity contribution in [3.8, 4) is 0 Å². The quantitative estimate of drug-likeness (QED) is 0.319. The van der Waals surface area contributed by atoms with Crippen LogP contribution in [0.3, 0.4) is 0 Å². The number of carboxylic acids is 2. The van der Waals surface area contributed by atoms with Crippen LogP contribution in [0.5, 0.6) is 0 Å². The van der Waals surface area contributed by atoms with Crippen LogP contribution in [0.1, 0.15) is 37.7 Å². The molecule has 0 radical (unpaired) electrons. The van der Waals surface area contributed by atoms with Gasteiger partial charge in [0.15, 0.2) is 0 Å². The number of carbonyl (C=O) groups is 2. The van der Waals surface area contributed by atoms with Crippen LogP contribution in [0, 0.1) is 11.3 Å². The Kier molecular flexibility index (Phi) is 9.74. The molecule has 10 heteroatoms. The lowest BCUT2D eigenvalue weighted by Crippen LogP contribution is -2.60. The standard InChI is InChI=1S/C22H33N5O4.ClH/c23-21(24)16-3-6-18(7-4-16)25-12-14-27(15-13-25)22-17(5-8-19(28)29)2-1-10-26(22)11-9-20(30)31;/h3-4,6-7,17,22H,1-2,5,8-15H2,(H3,23,24)(H,28,29)(H,30,31);1H. The summed E-state index contributed by atoms with van der Waals surface area (Å²) in [7, 11) is 0. The van der Waals surface area contributed by atoms with Crippen LogP contribution in [-0.4, -0.2) is 83.2 Å². The number of piperazine rings is 1. The van der Waals surface area contributed by atoms with Crippen LogP contribution in [-0.2, 0) is 9.59 Å². The number of aliphatic carboxylic acids is 2. The molecule has 2 unspecified atom stereocenters. The Hall–Kier alpha value is -2.36. The van der Waals surface area contributed by atoms with E-state index >= 15 is 0 Å². The van der Waals surface area contributed by atoms with Gasteiger partial charge >= 0.3 is 11.9 Å². The number of halogens is 1. The molecule has 2 saturated heterocycles. The fourth-order valence-corrected chi connectivity index (χ4v) is 4.85. The first-order valence-electron chi connectivity index (χ1n) is 11.0. The van der Waals surface area contributed by atoms with Crippen molar-refractivity contribution in [1.82, 2.24) is 9.80 Å². The van der Waals surface area contributed by atoms with Crippen molar-refractivity contribution in [2.45, 2.75) is 38.3 Å². The summed E-state index contributed by atoms with van der Waals surface area (Å²) in [6.07, 6.45) is 2.92. The zero-order valence-electron chi connectivity index (χ0n) is 18.3. The summed E-state index contributed by atoms with van der Waals surface area (Å²) in [5, 5.41) is 25.8. The molecule has 0 bridgehead atoms. The molecular weight excluding hydrogens is 434 g/mol.